The molecule has 1 aliphatic rings. The van der Waals surface area contributed by atoms with Crippen molar-refractivity contribution in [2.45, 2.75) is 51.2 Å². The van der Waals surface area contributed by atoms with Crippen molar-refractivity contribution in [3.8, 4) is 0 Å². The highest BCUT2D eigenvalue weighted by atomic mass is 32.2. The van der Waals surface area contributed by atoms with Crippen molar-refractivity contribution in [2.75, 3.05) is 6.54 Å². The summed E-state index contributed by atoms with van der Waals surface area (Å²) in [5, 5.41) is -0.130. The molecule has 14 heavy (non-hydrogen) atoms. The zero-order chi connectivity index (χ0) is 10.6. The Morgan fingerprint density at radius 2 is 1.79 bits per heavy atom. The molecule has 1 aliphatic carbocycles. The normalized spacial score (nSPS) is 20.2. The monoisotopic (exact) mass is 219 g/mol. The molecule has 3 nitrogen and oxygen atoms in total. The summed E-state index contributed by atoms with van der Waals surface area (Å²) in [7, 11) is -3.03. The molecule has 0 amide bonds. The Balaban J connectivity index is 2.46. The Bertz CT molecular complexity index is 253. The van der Waals surface area contributed by atoms with Gasteiger partial charge >= 0.3 is 0 Å². The Morgan fingerprint density at radius 1 is 1.21 bits per heavy atom. The van der Waals surface area contributed by atoms with E-state index < -0.39 is 10.0 Å². The molecule has 1 fully saturated rings. The van der Waals surface area contributed by atoms with E-state index in [4.69, 9.17) is 0 Å². The van der Waals surface area contributed by atoms with Crippen LogP contribution in [0.2, 0.25) is 0 Å². The van der Waals surface area contributed by atoms with E-state index in [1.54, 1.807) is 0 Å². The van der Waals surface area contributed by atoms with E-state index >= 15 is 0 Å². The molecule has 84 valence electrons. The van der Waals surface area contributed by atoms with Gasteiger partial charge in [-0.25, -0.2) is 13.1 Å². The lowest BCUT2D eigenvalue weighted by atomic mass is 10.0. The molecule has 0 unspecified atom stereocenters. The van der Waals surface area contributed by atoms with Crippen molar-refractivity contribution in [3.63, 3.8) is 0 Å². The molecule has 0 heterocycles. The first-order valence-corrected chi connectivity index (χ1v) is 7.05. The quantitative estimate of drug-likeness (QED) is 0.785. The van der Waals surface area contributed by atoms with Gasteiger partial charge in [0.05, 0.1) is 5.25 Å². The van der Waals surface area contributed by atoms with Crippen LogP contribution >= 0.6 is 0 Å². The lowest BCUT2D eigenvalue weighted by Gasteiger charge is -2.22. The Kier molecular flexibility index (Phi) is 4.38. The molecule has 0 spiro atoms. The van der Waals surface area contributed by atoms with Crippen molar-refractivity contribution in [1.82, 2.24) is 4.72 Å². The fourth-order valence-corrected chi connectivity index (χ4v) is 3.53. The van der Waals surface area contributed by atoms with Crippen molar-refractivity contribution < 1.29 is 8.42 Å². The molecule has 0 saturated heterocycles. The van der Waals surface area contributed by atoms with Crippen molar-refractivity contribution in [1.29, 1.82) is 0 Å². The molecule has 4 heteroatoms. The average Bonchev–Trinajstić information content (AvgIpc) is 2.16. The standard InChI is InChI=1S/C10H21NO2S/c1-9(2)8-11-14(12,13)10-6-4-3-5-7-10/h9-11H,3-8H2,1-2H3. The van der Waals surface area contributed by atoms with Gasteiger partial charge in [0.15, 0.2) is 0 Å². The first-order chi connectivity index (χ1) is 6.52. The maximum Gasteiger partial charge on any atom is 0.214 e. The first-order valence-electron chi connectivity index (χ1n) is 5.51. The van der Waals surface area contributed by atoms with Crippen LogP contribution in [0.5, 0.6) is 0 Å². The summed E-state index contributed by atoms with van der Waals surface area (Å²) >= 11 is 0. The molecule has 0 aliphatic heterocycles. The summed E-state index contributed by atoms with van der Waals surface area (Å²) in [5.41, 5.74) is 0. The third kappa shape index (κ3) is 3.58. The topological polar surface area (TPSA) is 46.2 Å². The molecule has 0 aromatic carbocycles. The van der Waals surface area contributed by atoms with E-state index in [2.05, 4.69) is 4.72 Å². The van der Waals surface area contributed by atoms with Gasteiger partial charge in [-0.2, -0.15) is 0 Å². The maximum absolute atomic E-state index is 11.8. The summed E-state index contributed by atoms with van der Waals surface area (Å²) in [6.07, 6.45) is 5.00. The molecular formula is C10H21NO2S. The number of rotatable bonds is 4. The van der Waals surface area contributed by atoms with Crippen LogP contribution in [0.1, 0.15) is 46.0 Å². The third-order valence-electron chi connectivity index (χ3n) is 2.68. The fraction of sp³-hybridized carbons (Fsp3) is 1.00. The smallest absolute Gasteiger partial charge is 0.214 e. The molecule has 0 bridgehead atoms. The fourth-order valence-electron chi connectivity index (χ4n) is 1.78. The predicted octanol–water partition coefficient (Wildman–Crippen LogP) is 1.89. The maximum atomic E-state index is 11.8. The van der Waals surface area contributed by atoms with Crippen LogP contribution in [0, 0.1) is 5.92 Å². The number of hydrogen-bond acceptors (Lipinski definition) is 2. The van der Waals surface area contributed by atoms with E-state index in [0.717, 1.165) is 25.7 Å². The average molecular weight is 219 g/mol. The molecule has 0 aromatic heterocycles. The van der Waals surface area contributed by atoms with Crippen LogP contribution in [0.3, 0.4) is 0 Å². The van der Waals surface area contributed by atoms with Gasteiger partial charge in [-0.3, -0.25) is 0 Å². The van der Waals surface area contributed by atoms with Crippen molar-refractivity contribution in [3.05, 3.63) is 0 Å². The van der Waals surface area contributed by atoms with Gasteiger partial charge in [0.1, 0.15) is 0 Å². The second-order valence-electron chi connectivity index (χ2n) is 4.55. The highest BCUT2D eigenvalue weighted by molar-refractivity contribution is 7.90. The second kappa shape index (κ2) is 5.12. The van der Waals surface area contributed by atoms with Crippen molar-refractivity contribution in [2.24, 2.45) is 5.92 Å². The van der Waals surface area contributed by atoms with Crippen LogP contribution in [0.25, 0.3) is 0 Å². The minimum Gasteiger partial charge on any atom is -0.215 e. The Labute approximate surface area is 87.3 Å². The number of hydrogen-bond donors (Lipinski definition) is 1. The Hall–Kier alpha value is -0.0900. The molecule has 1 rings (SSSR count). The van der Waals surface area contributed by atoms with Crippen LogP contribution in [0.15, 0.2) is 0 Å². The van der Waals surface area contributed by atoms with Gasteiger partial charge in [0.25, 0.3) is 0 Å². The second-order valence-corrected chi connectivity index (χ2v) is 6.59. The first kappa shape index (κ1) is 12.0. The van der Waals surface area contributed by atoms with E-state index in [0.29, 0.717) is 12.5 Å². The molecule has 0 aromatic rings. The van der Waals surface area contributed by atoms with Gasteiger partial charge in [0.2, 0.25) is 10.0 Å². The molecular weight excluding hydrogens is 198 g/mol. The predicted molar refractivity (Wildman–Crippen MR) is 58.6 cm³/mol. The van der Waals surface area contributed by atoms with Gasteiger partial charge in [-0.05, 0) is 18.8 Å². The van der Waals surface area contributed by atoms with Crippen LogP contribution in [0.4, 0.5) is 0 Å². The van der Waals surface area contributed by atoms with Crippen molar-refractivity contribution >= 4 is 10.0 Å². The largest absolute Gasteiger partial charge is 0.215 e. The SMILES string of the molecule is CC(C)CNS(=O)(=O)C1CCCCC1. The van der Waals surface area contributed by atoms with Gasteiger partial charge in [-0.15, -0.1) is 0 Å². The zero-order valence-corrected chi connectivity index (χ0v) is 9.94. The van der Waals surface area contributed by atoms with Crippen LogP contribution in [-0.2, 0) is 10.0 Å². The summed E-state index contributed by atoms with van der Waals surface area (Å²) in [5.74, 6) is 0.383. The lowest BCUT2D eigenvalue weighted by molar-refractivity contribution is 0.473. The number of sulfonamides is 1. The summed E-state index contributed by atoms with van der Waals surface area (Å²) in [6, 6.07) is 0. The van der Waals surface area contributed by atoms with Crippen LogP contribution < -0.4 is 4.72 Å². The number of nitrogens with one attached hydrogen (secondary N) is 1. The van der Waals surface area contributed by atoms with Gasteiger partial charge in [-0.1, -0.05) is 33.1 Å². The minimum absolute atomic E-state index is 0.130. The molecule has 1 saturated carbocycles. The highest BCUT2D eigenvalue weighted by Crippen LogP contribution is 2.22. The third-order valence-corrected chi connectivity index (χ3v) is 4.60. The summed E-state index contributed by atoms with van der Waals surface area (Å²) in [4.78, 5) is 0. The van der Waals surface area contributed by atoms with E-state index in [9.17, 15) is 8.42 Å². The minimum atomic E-state index is -3.03. The molecule has 0 atom stereocenters. The summed E-state index contributed by atoms with van der Waals surface area (Å²) in [6.45, 7) is 4.60. The van der Waals surface area contributed by atoms with Crippen LogP contribution in [-0.4, -0.2) is 20.2 Å². The molecule has 0 radical (unpaired) electrons. The summed E-state index contributed by atoms with van der Waals surface area (Å²) < 4.78 is 26.3. The zero-order valence-electron chi connectivity index (χ0n) is 9.12. The van der Waals surface area contributed by atoms with Gasteiger partial charge in [0, 0.05) is 6.54 Å². The van der Waals surface area contributed by atoms with Gasteiger partial charge < -0.3 is 0 Å². The van der Waals surface area contributed by atoms with E-state index in [1.165, 1.54) is 6.42 Å². The van der Waals surface area contributed by atoms with E-state index in [-0.39, 0.29) is 5.25 Å². The lowest BCUT2D eigenvalue weighted by Crippen LogP contribution is -2.37. The molecule has 1 N–H and O–H groups in total. The Morgan fingerprint density at radius 3 is 2.29 bits per heavy atom. The highest BCUT2D eigenvalue weighted by Gasteiger charge is 2.26. The van der Waals surface area contributed by atoms with E-state index in [1.807, 2.05) is 13.8 Å².